The van der Waals surface area contributed by atoms with Crippen LogP contribution in [0.4, 0.5) is 0 Å². The normalized spacial score (nSPS) is 10.2. The van der Waals surface area contributed by atoms with Gasteiger partial charge in [-0.25, -0.2) is 0 Å². The van der Waals surface area contributed by atoms with Crippen molar-refractivity contribution < 1.29 is 24.0 Å². The van der Waals surface area contributed by atoms with Crippen LogP contribution in [0.2, 0.25) is 0 Å². The fourth-order valence-corrected chi connectivity index (χ4v) is 2.83. The molecular formula is C26H39N3O5. The number of nitrogens with zero attached hydrogens (tertiary/aromatic N) is 1. The van der Waals surface area contributed by atoms with Crippen molar-refractivity contribution in [1.82, 2.24) is 15.5 Å². The van der Waals surface area contributed by atoms with Crippen LogP contribution in [0.1, 0.15) is 73.9 Å². The summed E-state index contributed by atoms with van der Waals surface area (Å²) in [5, 5.41) is 5.40. The molecule has 1 aromatic rings. The first kappa shape index (κ1) is 32.7. The Hall–Kier alpha value is -3.47. The number of unbranched alkanes of at least 4 members (excludes halogenated alkanes) is 2. The Balaban J connectivity index is 0. The molecule has 2 N–H and O–H groups in total. The quantitative estimate of drug-likeness (QED) is 0.275. The maximum absolute atomic E-state index is 11.9. The lowest BCUT2D eigenvalue weighted by molar-refractivity contribution is -0.124. The van der Waals surface area contributed by atoms with Gasteiger partial charge in [-0.2, -0.15) is 0 Å². The number of benzene rings is 1. The first-order valence-corrected chi connectivity index (χ1v) is 11.3. The highest BCUT2D eigenvalue weighted by atomic mass is 16.2. The van der Waals surface area contributed by atoms with E-state index in [9.17, 15) is 24.0 Å². The molecule has 0 aliphatic carbocycles. The highest BCUT2D eigenvalue weighted by Gasteiger charge is 2.13. The number of hydrogen-bond donors (Lipinski definition) is 2. The van der Waals surface area contributed by atoms with Gasteiger partial charge in [0.05, 0.1) is 0 Å². The number of amides is 4. The summed E-state index contributed by atoms with van der Waals surface area (Å²) in [6.07, 6.45) is 14.1. The van der Waals surface area contributed by atoms with Crippen LogP contribution in [0.25, 0.3) is 0 Å². The Labute approximate surface area is 203 Å². The summed E-state index contributed by atoms with van der Waals surface area (Å²) in [6.45, 7) is 6.18. The zero-order valence-electron chi connectivity index (χ0n) is 21.1. The molecule has 1 atom stereocenters. The first-order valence-electron chi connectivity index (χ1n) is 11.3. The second-order valence-electron chi connectivity index (χ2n) is 7.66. The number of hydrogen-bond acceptors (Lipinski definition) is 5. The first-order chi connectivity index (χ1) is 16.2. The summed E-state index contributed by atoms with van der Waals surface area (Å²) < 4.78 is 0. The molecule has 0 heterocycles. The molecule has 0 spiro atoms. The monoisotopic (exact) mass is 473 g/mol. The van der Waals surface area contributed by atoms with Crippen LogP contribution in [0.5, 0.6) is 0 Å². The topological polar surface area (TPSA) is 113 Å². The average molecular weight is 474 g/mol. The summed E-state index contributed by atoms with van der Waals surface area (Å²) in [7, 11) is 3.03. The molecule has 0 aromatic heterocycles. The Morgan fingerprint density at radius 3 is 2.29 bits per heavy atom. The van der Waals surface area contributed by atoms with Crippen molar-refractivity contribution in [2.24, 2.45) is 5.92 Å². The van der Waals surface area contributed by atoms with E-state index < -0.39 is 0 Å². The van der Waals surface area contributed by atoms with Crippen LogP contribution in [-0.2, 0) is 25.7 Å². The fraction of sp³-hybridized carbons (Fsp3) is 0.500. The van der Waals surface area contributed by atoms with Gasteiger partial charge >= 0.3 is 0 Å². The summed E-state index contributed by atoms with van der Waals surface area (Å²) in [5.41, 5.74) is 2.22. The van der Waals surface area contributed by atoms with E-state index >= 15 is 0 Å². The number of aldehydes is 1. The number of carbonyl (C=O) groups excluding carboxylic acids is 5. The summed E-state index contributed by atoms with van der Waals surface area (Å²) in [5.74, 6) is -0.327. The number of rotatable bonds is 12. The molecule has 0 radical (unpaired) electrons. The van der Waals surface area contributed by atoms with Gasteiger partial charge < -0.3 is 15.4 Å². The molecule has 1 rings (SSSR count). The van der Waals surface area contributed by atoms with E-state index in [-0.39, 0.29) is 23.6 Å². The van der Waals surface area contributed by atoms with Gasteiger partial charge in [-0.3, -0.25) is 24.1 Å². The van der Waals surface area contributed by atoms with Crippen molar-refractivity contribution in [3.05, 3.63) is 34.9 Å². The minimum Gasteiger partial charge on any atom is -0.359 e. The molecule has 4 amide bonds. The van der Waals surface area contributed by atoms with Crippen LogP contribution >= 0.6 is 0 Å². The maximum Gasteiger partial charge on any atom is 0.260 e. The van der Waals surface area contributed by atoms with Gasteiger partial charge in [0.1, 0.15) is 6.29 Å². The SMILES string of the molecule is C#C.CCCCCC(=O)NCc1ccc(C(=O)N(C)C=O)c(C)c1.CNC(=O)[C@H](C)CCC=O. The molecule has 0 saturated carbocycles. The van der Waals surface area contributed by atoms with Crippen LogP contribution in [0.15, 0.2) is 18.2 Å². The predicted molar refractivity (Wildman–Crippen MR) is 134 cm³/mol. The number of imide groups is 1. The lowest BCUT2D eigenvalue weighted by atomic mass is 10.0. The Bertz CT molecular complexity index is 805. The van der Waals surface area contributed by atoms with Gasteiger partial charge in [0.25, 0.3) is 5.91 Å². The minimum absolute atomic E-state index is 0.00171. The molecule has 0 unspecified atom stereocenters. The predicted octanol–water partition coefficient (Wildman–Crippen LogP) is 3.02. The standard InChI is InChI=1S/C17H24N2O3.C7H13NO2.C2H2/c1-4-5-6-7-16(21)18-11-14-8-9-15(13(2)10-14)17(22)19(3)12-20;1-6(4-3-5-9)7(10)8-2;1-2/h8-10,12H,4-7,11H2,1-3H3,(H,18,21);5-6H,3-4H2,1-2H3,(H,8,10);1-2H/t;6-;/m.1./s1. The zero-order chi connectivity index (χ0) is 26.5. The number of terminal acetylenes is 1. The van der Waals surface area contributed by atoms with E-state index in [0.29, 0.717) is 37.8 Å². The summed E-state index contributed by atoms with van der Waals surface area (Å²) in [6, 6.07) is 5.35. The lowest BCUT2D eigenvalue weighted by Gasteiger charge is -2.12. The molecule has 1 aromatic carbocycles. The van der Waals surface area contributed by atoms with E-state index in [4.69, 9.17) is 0 Å². The van der Waals surface area contributed by atoms with Crippen molar-refractivity contribution in [3.8, 4) is 12.8 Å². The third kappa shape index (κ3) is 13.8. The van der Waals surface area contributed by atoms with Crippen molar-refractivity contribution in [2.45, 2.75) is 65.8 Å². The van der Waals surface area contributed by atoms with Gasteiger partial charge in [-0.05, 0) is 37.0 Å². The molecule has 8 heteroatoms. The Morgan fingerprint density at radius 1 is 1.15 bits per heavy atom. The molecule has 0 aliphatic heterocycles. The van der Waals surface area contributed by atoms with Crippen LogP contribution in [-0.4, -0.2) is 49.4 Å². The number of carbonyl (C=O) groups is 5. The van der Waals surface area contributed by atoms with E-state index in [0.717, 1.165) is 41.6 Å². The van der Waals surface area contributed by atoms with Crippen LogP contribution in [0, 0.1) is 25.7 Å². The molecule has 8 nitrogen and oxygen atoms in total. The highest BCUT2D eigenvalue weighted by molar-refractivity contribution is 6.00. The second-order valence-corrected chi connectivity index (χ2v) is 7.66. The molecule has 0 bridgehead atoms. The van der Waals surface area contributed by atoms with Gasteiger partial charge in [0.2, 0.25) is 18.2 Å². The van der Waals surface area contributed by atoms with Gasteiger partial charge in [0, 0.05) is 45.0 Å². The maximum atomic E-state index is 11.9. The largest absolute Gasteiger partial charge is 0.359 e. The van der Waals surface area contributed by atoms with E-state index in [1.807, 2.05) is 19.9 Å². The third-order valence-electron chi connectivity index (χ3n) is 4.91. The van der Waals surface area contributed by atoms with Crippen LogP contribution in [0.3, 0.4) is 0 Å². The van der Waals surface area contributed by atoms with Gasteiger partial charge in [-0.1, -0.05) is 38.8 Å². The fourth-order valence-electron chi connectivity index (χ4n) is 2.83. The minimum atomic E-state index is -0.331. The molecule has 0 aliphatic rings. The molecule has 34 heavy (non-hydrogen) atoms. The van der Waals surface area contributed by atoms with Crippen molar-refractivity contribution in [3.63, 3.8) is 0 Å². The van der Waals surface area contributed by atoms with Crippen molar-refractivity contribution in [2.75, 3.05) is 14.1 Å². The third-order valence-corrected chi connectivity index (χ3v) is 4.91. The number of aryl methyl sites for hydroxylation is 1. The van der Waals surface area contributed by atoms with Crippen molar-refractivity contribution >= 4 is 30.4 Å². The number of nitrogens with one attached hydrogen (secondary N) is 2. The highest BCUT2D eigenvalue weighted by Crippen LogP contribution is 2.13. The molecule has 0 saturated heterocycles. The van der Waals surface area contributed by atoms with E-state index in [1.165, 1.54) is 7.05 Å². The summed E-state index contributed by atoms with van der Waals surface area (Å²) >= 11 is 0. The zero-order valence-corrected chi connectivity index (χ0v) is 21.1. The average Bonchev–Trinajstić information content (AvgIpc) is 2.86. The van der Waals surface area contributed by atoms with Crippen molar-refractivity contribution in [1.29, 1.82) is 0 Å². The van der Waals surface area contributed by atoms with E-state index in [2.05, 4.69) is 30.4 Å². The van der Waals surface area contributed by atoms with E-state index in [1.54, 1.807) is 19.2 Å². The molecule has 188 valence electrons. The Kier molecular flexibility index (Phi) is 19.4. The molecule has 0 fully saturated rings. The van der Waals surface area contributed by atoms with Gasteiger partial charge in [-0.15, -0.1) is 12.8 Å². The molecular weight excluding hydrogens is 434 g/mol. The second kappa shape index (κ2) is 20.2. The van der Waals surface area contributed by atoms with Gasteiger partial charge in [0.15, 0.2) is 0 Å². The summed E-state index contributed by atoms with van der Waals surface area (Å²) in [4.78, 5) is 55.9. The van der Waals surface area contributed by atoms with Crippen LogP contribution < -0.4 is 10.6 Å². The smallest absolute Gasteiger partial charge is 0.260 e. The Morgan fingerprint density at radius 2 is 1.79 bits per heavy atom. The lowest BCUT2D eigenvalue weighted by Crippen LogP contribution is -2.26.